The minimum atomic E-state index is 0.231. The van der Waals surface area contributed by atoms with E-state index in [2.05, 4.69) is 61.4 Å². The van der Waals surface area contributed by atoms with Crippen LogP contribution in [0.5, 0.6) is 0 Å². The van der Waals surface area contributed by atoms with Crippen LogP contribution in [-0.4, -0.2) is 11.5 Å². The first-order valence-electron chi connectivity index (χ1n) is 6.94. The second-order valence-electron chi connectivity index (χ2n) is 4.98. The van der Waals surface area contributed by atoms with Crippen LogP contribution in [0.2, 0.25) is 0 Å². The highest BCUT2D eigenvalue weighted by molar-refractivity contribution is 5.35. The first-order chi connectivity index (χ1) is 9.22. The lowest BCUT2D eigenvalue weighted by Crippen LogP contribution is -2.24. The molecule has 2 heteroatoms. The maximum atomic E-state index is 4.41. The van der Waals surface area contributed by atoms with Crippen LogP contribution in [0.25, 0.3) is 0 Å². The molecule has 100 valence electrons. The van der Waals surface area contributed by atoms with Crippen molar-refractivity contribution in [1.82, 2.24) is 10.3 Å². The summed E-state index contributed by atoms with van der Waals surface area (Å²) >= 11 is 0. The molecule has 0 bridgehead atoms. The molecule has 2 aromatic rings. The van der Waals surface area contributed by atoms with E-state index in [0.29, 0.717) is 0 Å². The van der Waals surface area contributed by atoms with Crippen molar-refractivity contribution in [3.63, 3.8) is 0 Å². The van der Waals surface area contributed by atoms with Gasteiger partial charge in [0.2, 0.25) is 0 Å². The third-order valence-corrected chi connectivity index (χ3v) is 3.37. The summed E-state index contributed by atoms with van der Waals surface area (Å²) in [5.41, 5.74) is 4.95. The van der Waals surface area contributed by atoms with E-state index in [1.807, 2.05) is 12.3 Å². The second kappa shape index (κ2) is 6.48. The zero-order valence-electron chi connectivity index (χ0n) is 12.0. The second-order valence-corrected chi connectivity index (χ2v) is 4.98. The molecule has 0 aliphatic heterocycles. The molecule has 0 saturated heterocycles. The highest BCUT2D eigenvalue weighted by Gasteiger charge is 2.15. The van der Waals surface area contributed by atoms with Crippen molar-refractivity contribution < 1.29 is 0 Å². The van der Waals surface area contributed by atoms with Crippen LogP contribution in [0.1, 0.15) is 41.8 Å². The molecule has 0 fully saturated rings. The Kier molecular flexibility index (Phi) is 4.69. The number of hydrogen-bond donors (Lipinski definition) is 1. The van der Waals surface area contributed by atoms with Gasteiger partial charge in [-0.2, -0.15) is 0 Å². The van der Waals surface area contributed by atoms with Gasteiger partial charge in [-0.1, -0.05) is 42.8 Å². The first kappa shape index (κ1) is 13.8. The van der Waals surface area contributed by atoms with Crippen molar-refractivity contribution in [3.8, 4) is 0 Å². The smallest absolute Gasteiger partial charge is 0.0594 e. The largest absolute Gasteiger partial charge is 0.306 e. The maximum Gasteiger partial charge on any atom is 0.0594 e. The van der Waals surface area contributed by atoms with Gasteiger partial charge in [0.25, 0.3) is 0 Å². The molecule has 0 radical (unpaired) electrons. The molecule has 1 aromatic carbocycles. The number of hydrogen-bond acceptors (Lipinski definition) is 2. The number of aromatic nitrogens is 1. The van der Waals surface area contributed by atoms with E-state index >= 15 is 0 Å². The Morgan fingerprint density at radius 2 is 1.84 bits per heavy atom. The number of nitrogens with zero attached hydrogens (tertiary/aromatic N) is 1. The molecular formula is C17H22N2. The van der Waals surface area contributed by atoms with E-state index in [-0.39, 0.29) is 6.04 Å². The molecule has 1 atom stereocenters. The van der Waals surface area contributed by atoms with Gasteiger partial charge in [-0.3, -0.25) is 4.98 Å². The number of benzene rings is 1. The summed E-state index contributed by atoms with van der Waals surface area (Å²) < 4.78 is 0. The van der Waals surface area contributed by atoms with Gasteiger partial charge in [-0.25, -0.2) is 0 Å². The Hall–Kier alpha value is -1.67. The summed E-state index contributed by atoms with van der Waals surface area (Å²) in [5.74, 6) is 0. The van der Waals surface area contributed by atoms with Gasteiger partial charge in [0.15, 0.2) is 0 Å². The molecule has 19 heavy (non-hydrogen) atoms. The Bertz CT molecular complexity index is 517. The molecule has 0 aliphatic rings. The van der Waals surface area contributed by atoms with E-state index < -0.39 is 0 Å². The first-order valence-corrected chi connectivity index (χ1v) is 6.94. The van der Waals surface area contributed by atoms with Crippen LogP contribution in [0.4, 0.5) is 0 Å². The summed E-state index contributed by atoms with van der Waals surface area (Å²) in [6, 6.07) is 13.1. The molecule has 0 amide bonds. The zero-order chi connectivity index (χ0) is 13.7. The predicted octanol–water partition coefficient (Wildman–Crippen LogP) is 3.79. The fourth-order valence-corrected chi connectivity index (χ4v) is 2.26. The van der Waals surface area contributed by atoms with Crippen molar-refractivity contribution in [1.29, 1.82) is 0 Å². The van der Waals surface area contributed by atoms with Gasteiger partial charge in [-0.15, -0.1) is 0 Å². The summed E-state index contributed by atoms with van der Waals surface area (Å²) in [5, 5.41) is 3.62. The molecule has 2 rings (SSSR count). The maximum absolute atomic E-state index is 4.41. The zero-order valence-corrected chi connectivity index (χ0v) is 12.0. The molecule has 1 aromatic heterocycles. The van der Waals surface area contributed by atoms with Crippen LogP contribution in [-0.2, 0) is 0 Å². The van der Waals surface area contributed by atoms with Gasteiger partial charge in [0.1, 0.15) is 0 Å². The van der Waals surface area contributed by atoms with Crippen molar-refractivity contribution >= 4 is 0 Å². The number of pyridine rings is 1. The highest BCUT2D eigenvalue weighted by atomic mass is 14.9. The topological polar surface area (TPSA) is 24.9 Å². The molecule has 2 nitrogen and oxygen atoms in total. The van der Waals surface area contributed by atoms with Crippen molar-refractivity contribution in [2.45, 2.75) is 33.2 Å². The van der Waals surface area contributed by atoms with Gasteiger partial charge < -0.3 is 5.32 Å². The predicted molar refractivity (Wildman–Crippen MR) is 80.3 cm³/mol. The highest BCUT2D eigenvalue weighted by Crippen LogP contribution is 2.24. The fraction of sp³-hybridized carbons (Fsp3) is 0.353. The summed E-state index contributed by atoms with van der Waals surface area (Å²) in [6.07, 6.45) is 2.98. The molecule has 0 aliphatic carbocycles. The van der Waals surface area contributed by atoms with E-state index in [1.54, 1.807) is 0 Å². The van der Waals surface area contributed by atoms with Gasteiger partial charge in [-0.05, 0) is 44.0 Å². The van der Waals surface area contributed by atoms with E-state index in [9.17, 15) is 0 Å². The van der Waals surface area contributed by atoms with Crippen molar-refractivity contribution in [3.05, 3.63) is 65.0 Å². The molecule has 1 N–H and O–H groups in total. The van der Waals surface area contributed by atoms with E-state index in [0.717, 1.165) is 18.7 Å². The lowest BCUT2D eigenvalue weighted by molar-refractivity contribution is 0.594. The molecule has 1 heterocycles. The van der Waals surface area contributed by atoms with Crippen LogP contribution in [0.15, 0.2) is 42.6 Å². The van der Waals surface area contributed by atoms with Gasteiger partial charge in [0.05, 0.1) is 6.04 Å². The lowest BCUT2D eigenvalue weighted by atomic mass is 9.97. The van der Waals surface area contributed by atoms with Crippen LogP contribution in [0.3, 0.4) is 0 Å². The van der Waals surface area contributed by atoms with Crippen LogP contribution < -0.4 is 5.32 Å². The molecule has 0 spiro atoms. The Morgan fingerprint density at radius 1 is 1.11 bits per heavy atom. The Balaban J connectivity index is 2.35. The third kappa shape index (κ3) is 3.42. The average molecular weight is 254 g/mol. The lowest BCUT2D eigenvalue weighted by Gasteiger charge is -2.21. The summed E-state index contributed by atoms with van der Waals surface area (Å²) in [4.78, 5) is 4.41. The van der Waals surface area contributed by atoms with E-state index in [4.69, 9.17) is 0 Å². The quantitative estimate of drug-likeness (QED) is 0.878. The molecular weight excluding hydrogens is 232 g/mol. The van der Waals surface area contributed by atoms with Crippen molar-refractivity contribution in [2.24, 2.45) is 0 Å². The van der Waals surface area contributed by atoms with Crippen LogP contribution >= 0.6 is 0 Å². The standard InChI is InChI=1S/C17H22N2/c1-4-11-19-17(15-9-7-13(2)8-10-15)16-6-5-12-18-14(16)3/h5-10,12,17,19H,4,11H2,1-3H3. The van der Waals surface area contributed by atoms with Crippen molar-refractivity contribution in [2.75, 3.05) is 6.54 Å². The monoisotopic (exact) mass is 254 g/mol. The fourth-order valence-electron chi connectivity index (χ4n) is 2.26. The SMILES string of the molecule is CCCNC(c1ccc(C)cc1)c1cccnc1C. The average Bonchev–Trinajstić information content (AvgIpc) is 2.43. The van der Waals surface area contributed by atoms with Gasteiger partial charge in [0, 0.05) is 11.9 Å². The van der Waals surface area contributed by atoms with Gasteiger partial charge >= 0.3 is 0 Å². The van der Waals surface area contributed by atoms with E-state index in [1.165, 1.54) is 16.7 Å². The number of aryl methyl sites for hydroxylation is 2. The Morgan fingerprint density at radius 3 is 2.47 bits per heavy atom. The summed E-state index contributed by atoms with van der Waals surface area (Å²) in [6.45, 7) is 7.39. The molecule has 0 saturated carbocycles. The third-order valence-electron chi connectivity index (χ3n) is 3.37. The number of nitrogens with one attached hydrogen (secondary N) is 1. The summed E-state index contributed by atoms with van der Waals surface area (Å²) in [7, 11) is 0. The molecule has 1 unspecified atom stereocenters. The normalized spacial score (nSPS) is 12.4. The minimum absolute atomic E-state index is 0.231. The number of rotatable bonds is 5. The minimum Gasteiger partial charge on any atom is -0.306 e. The Labute approximate surface area is 115 Å². The van der Waals surface area contributed by atoms with Crippen LogP contribution in [0, 0.1) is 13.8 Å².